The first kappa shape index (κ1) is 12.9. The van der Waals surface area contributed by atoms with Crippen LogP contribution in [0.5, 0.6) is 0 Å². The summed E-state index contributed by atoms with van der Waals surface area (Å²) in [5.41, 5.74) is 1.53. The number of anilines is 1. The van der Waals surface area contributed by atoms with Gasteiger partial charge in [-0.15, -0.1) is 0 Å². The zero-order chi connectivity index (χ0) is 12.8. The van der Waals surface area contributed by atoms with Crippen LogP contribution in [0.3, 0.4) is 0 Å². The molecule has 0 aliphatic carbocycles. The van der Waals surface area contributed by atoms with E-state index in [9.17, 15) is 4.79 Å². The monoisotopic (exact) mass is 234 g/mol. The molecule has 6 nitrogen and oxygen atoms in total. The van der Waals surface area contributed by atoms with Gasteiger partial charge in [0, 0.05) is 11.4 Å². The molecule has 90 valence electrons. The summed E-state index contributed by atoms with van der Waals surface area (Å²) >= 11 is 0. The molecule has 0 saturated carbocycles. The summed E-state index contributed by atoms with van der Waals surface area (Å²) in [6, 6.07) is 2.52. The lowest BCUT2D eigenvalue weighted by Gasteiger charge is -2.10. The van der Waals surface area contributed by atoms with Crippen LogP contribution in [0.1, 0.15) is 18.3 Å². The van der Waals surface area contributed by atoms with E-state index in [1.165, 1.54) is 0 Å². The van der Waals surface area contributed by atoms with Gasteiger partial charge in [-0.2, -0.15) is 5.26 Å². The van der Waals surface area contributed by atoms with E-state index < -0.39 is 12.0 Å². The number of esters is 1. The second kappa shape index (κ2) is 5.80. The molecule has 1 aromatic heterocycles. The molecule has 1 heterocycles. The Bertz CT molecular complexity index is 433. The lowest BCUT2D eigenvalue weighted by atomic mass is 10.3. The van der Waals surface area contributed by atoms with Gasteiger partial charge in [-0.1, -0.05) is 0 Å². The maximum Gasteiger partial charge on any atom is 0.343 e. The molecular formula is C11H14N4O2. The second-order valence-electron chi connectivity index (χ2n) is 3.43. The molecule has 1 unspecified atom stereocenters. The molecule has 1 N–H and O–H groups in total. The fraction of sp³-hybridized carbons (Fsp3) is 0.455. The quantitative estimate of drug-likeness (QED) is 0.781. The van der Waals surface area contributed by atoms with Crippen molar-refractivity contribution in [1.29, 1.82) is 5.26 Å². The van der Waals surface area contributed by atoms with Gasteiger partial charge in [0.05, 0.1) is 12.7 Å². The molecule has 1 aromatic rings. The lowest BCUT2D eigenvalue weighted by molar-refractivity contribution is -0.142. The van der Waals surface area contributed by atoms with Crippen LogP contribution >= 0.6 is 0 Å². The van der Waals surface area contributed by atoms with E-state index in [4.69, 9.17) is 10.00 Å². The van der Waals surface area contributed by atoms with Crippen LogP contribution in [-0.2, 0) is 9.53 Å². The van der Waals surface area contributed by atoms with E-state index in [2.05, 4.69) is 15.3 Å². The molecule has 0 aliphatic heterocycles. The van der Waals surface area contributed by atoms with Crippen molar-refractivity contribution in [3.63, 3.8) is 0 Å². The molecule has 6 heteroatoms. The minimum absolute atomic E-state index is 0.229. The van der Waals surface area contributed by atoms with E-state index in [0.717, 1.165) is 11.4 Å². The summed E-state index contributed by atoms with van der Waals surface area (Å²) in [6.45, 7) is 5.53. The summed E-state index contributed by atoms with van der Waals surface area (Å²) in [6.07, 6.45) is 0. The fourth-order valence-electron chi connectivity index (χ4n) is 1.29. The highest BCUT2D eigenvalue weighted by atomic mass is 16.5. The highest BCUT2D eigenvalue weighted by Crippen LogP contribution is 2.05. The third-order valence-corrected chi connectivity index (χ3v) is 1.91. The van der Waals surface area contributed by atoms with Gasteiger partial charge in [-0.3, -0.25) is 0 Å². The maximum atomic E-state index is 11.4. The van der Waals surface area contributed by atoms with E-state index in [-0.39, 0.29) is 12.6 Å². The Balaban J connectivity index is 2.81. The Morgan fingerprint density at radius 2 is 2.12 bits per heavy atom. The number of ether oxygens (including phenoxy) is 1. The number of hydrogen-bond donors (Lipinski definition) is 1. The second-order valence-corrected chi connectivity index (χ2v) is 3.43. The number of aryl methyl sites for hydroxylation is 2. The first-order chi connectivity index (χ1) is 8.06. The summed E-state index contributed by atoms with van der Waals surface area (Å²) in [5, 5.41) is 11.5. The molecular weight excluding hydrogens is 220 g/mol. The van der Waals surface area contributed by atoms with Crippen molar-refractivity contribution in [3.8, 4) is 6.07 Å². The van der Waals surface area contributed by atoms with Crippen molar-refractivity contribution in [2.75, 3.05) is 11.9 Å². The minimum Gasteiger partial charge on any atom is -0.464 e. The summed E-state index contributed by atoms with van der Waals surface area (Å²) in [7, 11) is 0. The van der Waals surface area contributed by atoms with Gasteiger partial charge in [0.15, 0.2) is 0 Å². The Kier molecular flexibility index (Phi) is 4.40. The largest absolute Gasteiger partial charge is 0.464 e. The van der Waals surface area contributed by atoms with Gasteiger partial charge < -0.3 is 10.1 Å². The molecule has 17 heavy (non-hydrogen) atoms. The number of nitrogens with zero attached hydrogens (tertiary/aromatic N) is 3. The fourth-order valence-corrected chi connectivity index (χ4v) is 1.29. The summed E-state index contributed by atoms with van der Waals surface area (Å²) < 4.78 is 4.75. The molecule has 1 atom stereocenters. The van der Waals surface area contributed by atoms with Crippen molar-refractivity contribution in [2.45, 2.75) is 26.8 Å². The van der Waals surface area contributed by atoms with Crippen molar-refractivity contribution in [2.24, 2.45) is 0 Å². The molecule has 0 fully saturated rings. The highest BCUT2D eigenvalue weighted by molar-refractivity contribution is 5.81. The Labute approximate surface area is 99.6 Å². The van der Waals surface area contributed by atoms with Crippen molar-refractivity contribution in [1.82, 2.24) is 9.97 Å². The number of aromatic nitrogens is 2. The maximum absolute atomic E-state index is 11.4. The number of hydrogen-bond acceptors (Lipinski definition) is 6. The summed E-state index contributed by atoms with van der Waals surface area (Å²) in [4.78, 5) is 19.6. The van der Waals surface area contributed by atoms with Gasteiger partial charge in [0.1, 0.15) is 0 Å². The van der Waals surface area contributed by atoms with Gasteiger partial charge in [-0.05, 0) is 26.8 Å². The first-order valence-electron chi connectivity index (χ1n) is 5.22. The van der Waals surface area contributed by atoms with Crippen LogP contribution < -0.4 is 5.32 Å². The standard InChI is InChI=1S/C11H14N4O2/c1-4-17-10(16)9(6-12)15-11-13-7(2)5-8(3)14-11/h5,9H,4H2,1-3H3,(H,13,14,15). The van der Waals surface area contributed by atoms with Crippen molar-refractivity contribution >= 4 is 11.9 Å². The van der Waals surface area contributed by atoms with E-state index in [1.54, 1.807) is 13.0 Å². The number of carbonyl (C=O) groups is 1. The van der Waals surface area contributed by atoms with Gasteiger partial charge in [0.25, 0.3) is 0 Å². The average molecular weight is 234 g/mol. The number of nitriles is 1. The molecule has 0 aliphatic rings. The Morgan fingerprint density at radius 1 is 1.53 bits per heavy atom. The van der Waals surface area contributed by atoms with E-state index >= 15 is 0 Å². The highest BCUT2D eigenvalue weighted by Gasteiger charge is 2.19. The van der Waals surface area contributed by atoms with Crippen LogP contribution in [0.2, 0.25) is 0 Å². The topological polar surface area (TPSA) is 87.9 Å². The number of carbonyl (C=O) groups excluding carboxylic acids is 1. The van der Waals surface area contributed by atoms with Gasteiger partial charge in [0.2, 0.25) is 12.0 Å². The van der Waals surface area contributed by atoms with E-state index in [1.807, 2.05) is 19.9 Å². The first-order valence-corrected chi connectivity index (χ1v) is 5.22. The Hall–Kier alpha value is -2.16. The average Bonchev–Trinajstić information content (AvgIpc) is 2.24. The van der Waals surface area contributed by atoms with Crippen LogP contribution in [0.4, 0.5) is 5.95 Å². The zero-order valence-corrected chi connectivity index (χ0v) is 10.0. The van der Waals surface area contributed by atoms with Crippen LogP contribution in [0.25, 0.3) is 0 Å². The lowest BCUT2D eigenvalue weighted by Crippen LogP contribution is -2.30. The zero-order valence-electron chi connectivity index (χ0n) is 10.0. The molecule has 0 aromatic carbocycles. The summed E-state index contributed by atoms with van der Waals surface area (Å²) in [5.74, 6) is -0.375. The number of rotatable bonds is 4. The molecule has 0 spiro atoms. The predicted octanol–water partition coefficient (Wildman–Crippen LogP) is 0.961. The smallest absolute Gasteiger partial charge is 0.343 e. The molecule has 0 saturated heterocycles. The minimum atomic E-state index is -1.09. The van der Waals surface area contributed by atoms with Gasteiger partial charge in [-0.25, -0.2) is 14.8 Å². The van der Waals surface area contributed by atoms with Crippen LogP contribution in [-0.4, -0.2) is 28.6 Å². The molecule has 0 bridgehead atoms. The molecule has 1 rings (SSSR count). The molecule has 0 radical (unpaired) electrons. The SMILES string of the molecule is CCOC(=O)C(C#N)Nc1nc(C)cc(C)n1. The third-order valence-electron chi connectivity index (χ3n) is 1.91. The molecule has 0 amide bonds. The van der Waals surface area contributed by atoms with Crippen LogP contribution in [0.15, 0.2) is 6.07 Å². The predicted molar refractivity (Wildman–Crippen MR) is 61.2 cm³/mol. The van der Waals surface area contributed by atoms with E-state index in [0.29, 0.717) is 0 Å². The van der Waals surface area contributed by atoms with Crippen molar-refractivity contribution in [3.05, 3.63) is 17.5 Å². The number of nitrogens with one attached hydrogen (secondary N) is 1. The van der Waals surface area contributed by atoms with Gasteiger partial charge >= 0.3 is 5.97 Å². The third kappa shape index (κ3) is 3.72. The Morgan fingerprint density at radius 3 is 2.59 bits per heavy atom. The normalized spacial score (nSPS) is 11.4. The van der Waals surface area contributed by atoms with Crippen molar-refractivity contribution < 1.29 is 9.53 Å². The van der Waals surface area contributed by atoms with Crippen LogP contribution in [0, 0.1) is 25.2 Å².